The molecule has 1 unspecified atom stereocenters. The molecule has 2 nitrogen and oxygen atoms in total. The largest absolute Gasteiger partial charge is 0.309 e. The van der Waals surface area contributed by atoms with Crippen molar-refractivity contribution in [3.8, 4) is 0 Å². The van der Waals surface area contributed by atoms with Gasteiger partial charge in [-0.2, -0.15) is 0 Å². The van der Waals surface area contributed by atoms with E-state index in [0.29, 0.717) is 0 Å². The summed E-state index contributed by atoms with van der Waals surface area (Å²) in [5.41, 5.74) is 5.08. The highest BCUT2D eigenvalue weighted by Gasteiger charge is 2.22. The molecule has 0 aliphatic rings. The first-order chi connectivity index (χ1) is 9.43. The normalized spacial score (nSPS) is 13.2. The highest BCUT2D eigenvalue weighted by Crippen LogP contribution is 2.32. The van der Waals surface area contributed by atoms with Crippen LogP contribution < -0.4 is 5.32 Å². The molecule has 1 N–H and O–H groups in total. The minimum absolute atomic E-state index is 0.129. The Labute approximate surface area is 122 Å². The molecule has 0 radical (unpaired) electrons. The lowest BCUT2D eigenvalue weighted by atomic mass is 9.81. The fourth-order valence-electron chi connectivity index (χ4n) is 2.58. The summed E-state index contributed by atoms with van der Waals surface area (Å²) in [4.78, 5) is 4.43. The zero-order valence-electron chi connectivity index (χ0n) is 13.1. The molecule has 0 saturated carbocycles. The van der Waals surface area contributed by atoms with Crippen LogP contribution in [0.2, 0.25) is 0 Å². The first kappa shape index (κ1) is 14.7. The van der Waals surface area contributed by atoms with E-state index in [0.717, 1.165) is 5.69 Å². The maximum atomic E-state index is 4.43. The molecule has 106 valence electrons. The van der Waals surface area contributed by atoms with E-state index in [2.05, 4.69) is 67.5 Å². The molecule has 1 atom stereocenters. The Bertz CT molecular complexity index is 565. The Morgan fingerprint density at radius 3 is 2.30 bits per heavy atom. The quantitative estimate of drug-likeness (QED) is 0.910. The fourth-order valence-corrected chi connectivity index (χ4v) is 2.58. The summed E-state index contributed by atoms with van der Waals surface area (Å²) in [6.45, 7) is 8.78. The number of hydrogen-bond acceptors (Lipinski definition) is 2. The van der Waals surface area contributed by atoms with Gasteiger partial charge in [0.25, 0.3) is 0 Å². The van der Waals surface area contributed by atoms with Crippen LogP contribution in [0.3, 0.4) is 0 Å². The lowest BCUT2D eigenvalue weighted by molar-refractivity contribution is 0.566. The zero-order chi connectivity index (χ0) is 14.8. The molecule has 1 heterocycles. The average Bonchev–Trinajstić information content (AvgIpc) is 2.41. The topological polar surface area (TPSA) is 24.9 Å². The predicted molar refractivity (Wildman–Crippen MR) is 85.0 cm³/mol. The maximum absolute atomic E-state index is 4.43. The third-order valence-corrected chi connectivity index (χ3v) is 3.64. The van der Waals surface area contributed by atoms with Gasteiger partial charge in [-0.05, 0) is 42.1 Å². The molecule has 0 fully saturated rings. The van der Waals surface area contributed by atoms with Crippen LogP contribution in [-0.2, 0) is 5.41 Å². The van der Waals surface area contributed by atoms with Gasteiger partial charge in [0, 0.05) is 11.9 Å². The van der Waals surface area contributed by atoms with E-state index in [1.165, 1.54) is 16.7 Å². The molecule has 2 heteroatoms. The zero-order valence-corrected chi connectivity index (χ0v) is 13.1. The first-order valence-corrected chi connectivity index (χ1v) is 7.12. The van der Waals surface area contributed by atoms with Crippen molar-refractivity contribution < 1.29 is 0 Å². The summed E-state index contributed by atoms with van der Waals surface area (Å²) in [6.07, 6.45) is 1.97. The molecule has 2 aromatic rings. The fraction of sp³-hybridized carbons (Fsp3) is 0.389. The molecular weight excluding hydrogens is 244 g/mol. The number of pyridine rings is 1. The summed E-state index contributed by atoms with van der Waals surface area (Å²) in [5, 5.41) is 3.43. The van der Waals surface area contributed by atoms with Crippen LogP contribution in [0.15, 0.2) is 42.6 Å². The summed E-state index contributed by atoms with van der Waals surface area (Å²) in [7, 11) is 2.00. The van der Waals surface area contributed by atoms with Crippen molar-refractivity contribution in [3.05, 3.63) is 65.0 Å². The van der Waals surface area contributed by atoms with Crippen molar-refractivity contribution in [2.24, 2.45) is 0 Å². The van der Waals surface area contributed by atoms with Gasteiger partial charge >= 0.3 is 0 Å². The van der Waals surface area contributed by atoms with Gasteiger partial charge in [0.05, 0.1) is 6.04 Å². The van der Waals surface area contributed by atoms with Crippen molar-refractivity contribution in [3.63, 3.8) is 0 Å². The summed E-state index contributed by atoms with van der Waals surface area (Å²) in [5.74, 6) is 0. The van der Waals surface area contributed by atoms with E-state index in [1.807, 2.05) is 20.2 Å². The molecule has 1 aromatic carbocycles. The summed E-state index contributed by atoms with van der Waals surface area (Å²) in [6, 6.07) is 13.1. The first-order valence-electron chi connectivity index (χ1n) is 7.12. The van der Waals surface area contributed by atoms with Gasteiger partial charge in [-0.25, -0.2) is 0 Å². The Morgan fingerprint density at radius 1 is 1.05 bits per heavy atom. The highest BCUT2D eigenvalue weighted by molar-refractivity contribution is 5.40. The number of nitrogens with one attached hydrogen (secondary N) is 1. The Balaban J connectivity index is 2.50. The second-order valence-corrected chi connectivity index (χ2v) is 6.29. The monoisotopic (exact) mass is 268 g/mol. The Kier molecular flexibility index (Phi) is 4.24. The molecule has 0 aliphatic heterocycles. The van der Waals surface area contributed by atoms with Gasteiger partial charge in [-0.1, -0.05) is 51.1 Å². The van der Waals surface area contributed by atoms with Crippen molar-refractivity contribution in [2.75, 3.05) is 7.05 Å². The number of rotatable bonds is 3. The smallest absolute Gasteiger partial charge is 0.0592 e. The second kappa shape index (κ2) is 5.76. The minimum Gasteiger partial charge on any atom is -0.309 e. The van der Waals surface area contributed by atoms with Crippen LogP contribution in [0, 0.1) is 6.92 Å². The molecule has 0 saturated heterocycles. The lowest BCUT2D eigenvalue weighted by Crippen LogP contribution is -2.23. The van der Waals surface area contributed by atoms with Gasteiger partial charge in [-0.15, -0.1) is 0 Å². The lowest BCUT2D eigenvalue weighted by Gasteiger charge is -2.27. The van der Waals surface area contributed by atoms with E-state index >= 15 is 0 Å². The van der Waals surface area contributed by atoms with E-state index in [9.17, 15) is 0 Å². The van der Waals surface area contributed by atoms with E-state index in [-0.39, 0.29) is 11.5 Å². The van der Waals surface area contributed by atoms with Crippen LogP contribution in [0.5, 0.6) is 0 Å². The highest BCUT2D eigenvalue weighted by atomic mass is 14.9. The third-order valence-electron chi connectivity index (χ3n) is 3.64. The number of nitrogens with zero attached hydrogens (tertiary/aromatic N) is 1. The van der Waals surface area contributed by atoms with Crippen LogP contribution >= 0.6 is 0 Å². The van der Waals surface area contributed by atoms with E-state index in [4.69, 9.17) is 0 Å². The van der Waals surface area contributed by atoms with Gasteiger partial charge in [0.15, 0.2) is 0 Å². The van der Waals surface area contributed by atoms with Gasteiger partial charge in [0.1, 0.15) is 0 Å². The van der Waals surface area contributed by atoms with Crippen LogP contribution in [0.4, 0.5) is 0 Å². The van der Waals surface area contributed by atoms with Crippen molar-refractivity contribution in [1.82, 2.24) is 10.3 Å². The SMILES string of the molecule is CNC(c1ccc(C)nc1)c1ccccc1C(C)(C)C. The molecule has 0 bridgehead atoms. The van der Waals surface area contributed by atoms with Gasteiger partial charge in [0.2, 0.25) is 0 Å². The molecular formula is C18H24N2. The van der Waals surface area contributed by atoms with Crippen LogP contribution in [0.1, 0.15) is 49.2 Å². The maximum Gasteiger partial charge on any atom is 0.0592 e. The van der Waals surface area contributed by atoms with Crippen molar-refractivity contribution in [1.29, 1.82) is 0 Å². The number of benzene rings is 1. The second-order valence-electron chi connectivity index (χ2n) is 6.29. The molecule has 0 aliphatic carbocycles. The number of hydrogen-bond donors (Lipinski definition) is 1. The van der Waals surface area contributed by atoms with E-state index in [1.54, 1.807) is 0 Å². The van der Waals surface area contributed by atoms with Gasteiger partial charge < -0.3 is 5.32 Å². The Hall–Kier alpha value is -1.67. The standard InChI is InChI=1S/C18H24N2/c1-13-10-11-14(12-20-13)17(19-5)15-8-6-7-9-16(15)18(2,3)4/h6-12,17,19H,1-5H3. The number of aromatic nitrogens is 1. The van der Waals surface area contributed by atoms with Crippen LogP contribution in [0.25, 0.3) is 0 Å². The van der Waals surface area contributed by atoms with Crippen molar-refractivity contribution in [2.45, 2.75) is 39.2 Å². The summed E-state index contributed by atoms with van der Waals surface area (Å²) < 4.78 is 0. The van der Waals surface area contributed by atoms with Gasteiger partial charge in [-0.3, -0.25) is 4.98 Å². The molecule has 20 heavy (non-hydrogen) atoms. The summed E-state index contributed by atoms with van der Waals surface area (Å²) >= 11 is 0. The molecule has 1 aromatic heterocycles. The predicted octanol–water partition coefficient (Wildman–Crippen LogP) is 4.00. The molecule has 0 amide bonds. The minimum atomic E-state index is 0.129. The average molecular weight is 268 g/mol. The molecule has 2 rings (SSSR count). The molecule has 0 spiro atoms. The van der Waals surface area contributed by atoms with Crippen LogP contribution in [-0.4, -0.2) is 12.0 Å². The number of aryl methyl sites for hydroxylation is 1. The Morgan fingerprint density at radius 2 is 1.75 bits per heavy atom. The van der Waals surface area contributed by atoms with E-state index < -0.39 is 0 Å². The van der Waals surface area contributed by atoms with Crippen molar-refractivity contribution >= 4 is 0 Å². The third kappa shape index (κ3) is 3.07.